The molecule has 148 valence electrons. The molecule has 27 heavy (non-hydrogen) atoms. The van der Waals surface area contributed by atoms with Crippen LogP contribution in [0, 0.1) is 5.92 Å². The summed E-state index contributed by atoms with van der Waals surface area (Å²) >= 11 is 6.19. The molecular weight excluding hydrogens is 368 g/mol. The highest BCUT2D eigenvalue weighted by Gasteiger charge is 2.37. The van der Waals surface area contributed by atoms with Crippen molar-refractivity contribution in [2.75, 3.05) is 50.8 Å². The first kappa shape index (κ1) is 18.9. The van der Waals surface area contributed by atoms with Crippen molar-refractivity contribution in [2.24, 2.45) is 13.0 Å². The highest BCUT2D eigenvalue weighted by Crippen LogP contribution is 2.28. The first-order valence-electron chi connectivity index (χ1n) is 9.49. The molecular formula is C18H27ClN6O2. The average molecular weight is 395 g/mol. The molecule has 2 aliphatic heterocycles. The number of aromatic nitrogens is 4. The van der Waals surface area contributed by atoms with Crippen LogP contribution in [0.5, 0.6) is 0 Å². The van der Waals surface area contributed by atoms with Gasteiger partial charge in [0.05, 0.1) is 18.8 Å². The van der Waals surface area contributed by atoms with E-state index in [0.717, 1.165) is 62.0 Å². The van der Waals surface area contributed by atoms with Gasteiger partial charge in [-0.1, -0.05) is 0 Å². The third-order valence-corrected chi connectivity index (χ3v) is 5.85. The molecule has 0 unspecified atom stereocenters. The van der Waals surface area contributed by atoms with E-state index in [1.807, 2.05) is 25.5 Å². The Balaban J connectivity index is 1.52. The molecule has 1 N–H and O–H groups in total. The fourth-order valence-electron chi connectivity index (χ4n) is 3.74. The lowest BCUT2D eigenvalue weighted by Gasteiger charge is -2.45. The van der Waals surface area contributed by atoms with Crippen LogP contribution < -0.4 is 4.90 Å². The molecule has 0 spiro atoms. The van der Waals surface area contributed by atoms with E-state index < -0.39 is 5.60 Å². The molecule has 4 heterocycles. The van der Waals surface area contributed by atoms with Crippen LogP contribution in [0.3, 0.4) is 0 Å². The normalized spacial score (nSPS) is 19.7. The molecule has 4 rings (SSSR count). The molecule has 0 aliphatic carbocycles. The number of rotatable bonds is 5. The topological polar surface area (TPSA) is 79.5 Å². The van der Waals surface area contributed by atoms with Gasteiger partial charge in [-0.05, 0) is 25.4 Å². The number of anilines is 1. The fraction of sp³-hybridized carbons (Fsp3) is 0.722. The predicted molar refractivity (Wildman–Crippen MR) is 104 cm³/mol. The third-order valence-electron chi connectivity index (χ3n) is 5.68. The Morgan fingerprint density at radius 1 is 1.19 bits per heavy atom. The van der Waals surface area contributed by atoms with Gasteiger partial charge in [0.15, 0.2) is 17.0 Å². The minimum atomic E-state index is -0.603. The van der Waals surface area contributed by atoms with Gasteiger partial charge in [0.2, 0.25) is 5.28 Å². The molecule has 9 heteroatoms. The molecule has 0 radical (unpaired) electrons. The van der Waals surface area contributed by atoms with E-state index in [9.17, 15) is 5.11 Å². The number of aliphatic hydroxyl groups is 1. The number of imidazole rings is 1. The minimum Gasteiger partial charge on any atom is -0.390 e. The number of morpholine rings is 1. The first-order valence-corrected chi connectivity index (χ1v) is 9.87. The van der Waals surface area contributed by atoms with Gasteiger partial charge in [0.1, 0.15) is 5.82 Å². The zero-order valence-corrected chi connectivity index (χ0v) is 16.9. The van der Waals surface area contributed by atoms with Crippen molar-refractivity contribution < 1.29 is 9.84 Å². The first-order chi connectivity index (χ1) is 12.8. The van der Waals surface area contributed by atoms with E-state index in [1.165, 1.54) is 0 Å². The summed E-state index contributed by atoms with van der Waals surface area (Å²) in [4.78, 5) is 18.2. The average Bonchev–Trinajstić information content (AvgIpc) is 2.89. The summed E-state index contributed by atoms with van der Waals surface area (Å²) in [7, 11) is 1.98. The van der Waals surface area contributed by atoms with Crippen LogP contribution in [-0.4, -0.2) is 81.1 Å². The van der Waals surface area contributed by atoms with Crippen molar-refractivity contribution in [3.63, 3.8) is 0 Å². The standard InChI is InChI=1S/C18H27ClN6O2/c1-18(2,26)12-10-24(11-12)5-4-13-20-14-15(23(13)3)21-17(19)22-16(14)25-6-8-27-9-7-25/h12,26H,4-11H2,1-3H3. The van der Waals surface area contributed by atoms with Gasteiger partial charge in [-0.25, -0.2) is 4.98 Å². The van der Waals surface area contributed by atoms with E-state index in [-0.39, 0.29) is 5.28 Å². The Morgan fingerprint density at radius 2 is 1.89 bits per heavy atom. The van der Waals surface area contributed by atoms with E-state index in [1.54, 1.807) is 0 Å². The van der Waals surface area contributed by atoms with Gasteiger partial charge in [0.25, 0.3) is 0 Å². The van der Waals surface area contributed by atoms with Gasteiger partial charge in [-0.2, -0.15) is 9.97 Å². The van der Waals surface area contributed by atoms with Crippen LogP contribution in [0.1, 0.15) is 19.7 Å². The number of nitrogens with zero attached hydrogens (tertiary/aromatic N) is 6. The monoisotopic (exact) mass is 394 g/mol. The predicted octanol–water partition coefficient (Wildman–Crippen LogP) is 1.10. The Kier molecular flexibility index (Phi) is 5.00. The minimum absolute atomic E-state index is 0.245. The van der Waals surface area contributed by atoms with E-state index in [0.29, 0.717) is 19.1 Å². The van der Waals surface area contributed by atoms with Crippen molar-refractivity contribution in [2.45, 2.75) is 25.9 Å². The van der Waals surface area contributed by atoms with Gasteiger partial charge in [-0.15, -0.1) is 0 Å². The number of fused-ring (bicyclic) bond motifs is 1. The van der Waals surface area contributed by atoms with Crippen molar-refractivity contribution >= 4 is 28.6 Å². The van der Waals surface area contributed by atoms with E-state index in [2.05, 4.69) is 19.8 Å². The Labute approximate surface area is 164 Å². The van der Waals surface area contributed by atoms with Crippen molar-refractivity contribution in [1.82, 2.24) is 24.4 Å². The van der Waals surface area contributed by atoms with Gasteiger partial charge in [-0.3, -0.25) is 0 Å². The van der Waals surface area contributed by atoms with Gasteiger partial charge >= 0.3 is 0 Å². The number of ether oxygens (including phenoxy) is 1. The zero-order valence-electron chi connectivity index (χ0n) is 16.2. The number of likely N-dealkylation sites (tertiary alicyclic amines) is 1. The quantitative estimate of drug-likeness (QED) is 0.760. The smallest absolute Gasteiger partial charge is 0.226 e. The van der Waals surface area contributed by atoms with Crippen LogP contribution in [-0.2, 0) is 18.2 Å². The Hall–Kier alpha value is -1.48. The molecule has 2 aromatic heterocycles. The molecule has 2 aliphatic rings. The van der Waals surface area contributed by atoms with Crippen molar-refractivity contribution in [3.05, 3.63) is 11.1 Å². The molecule has 2 fully saturated rings. The lowest BCUT2D eigenvalue weighted by atomic mass is 9.84. The zero-order chi connectivity index (χ0) is 19.2. The summed E-state index contributed by atoms with van der Waals surface area (Å²) in [5, 5.41) is 10.3. The maximum absolute atomic E-state index is 10.1. The third kappa shape index (κ3) is 3.76. The van der Waals surface area contributed by atoms with Crippen LogP contribution >= 0.6 is 11.6 Å². The second kappa shape index (κ2) is 7.16. The van der Waals surface area contributed by atoms with E-state index >= 15 is 0 Å². The van der Waals surface area contributed by atoms with Gasteiger partial charge in [0, 0.05) is 52.1 Å². The summed E-state index contributed by atoms with van der Waals surface area (Å²) < 4.78 is 7.46. The molecule has 0 atom stereocenters. The summed E-state index contributed by atoms with van der Waals surface area (Å²) in [5.74, 6) is 2.11. The van der Waals surface area contributed by atoms with Crippen LogP contribution in [0.4, 0.5) is 5.82 Å². The lowest BCUT2D eigenvalue weighted by Crippen LogP contribution is -2.56. The van der Waals surface area contributed by atoms with Crippen molar-refractivity contribution in [3.8, 4) is 0 Å². The Morgan fingerprint density at radius 3 is 2.56 bits per heavy atom. The summed E-state index contributed by atoms with van der Waals surface area (Å²) in [6, 6.07) is 0. The molecule has 2 aromatic rings. The summed E-state index contributed by atoms with van der Waals surface area (Å²) in [6.45, 7) is 9.46. The second-order valence-corrected chi connectivity index (χ2v) is 8.37. The maximum Gasteiger partial charge on any atom is 0.226 e. The van der Waals surface area contributed by atoms with Crippen LogP contribution in [0.25, 0.3) is 11.2 Å². The molecule has 0 aromatic carbocycles. The van der Waals surface area contributed by atoms with Crippen molar-refractivity contribution in [1.29, 1.82) is 0 Å². The number of hydrogen-bond acceptors (Lipinski definition) is 7. The molecule has 0 bridgehead atoms. The van der Waals surface area contributed by atoms with Crippen LogP contribution in [0.2, 0.25) is 5.28 Å². The van der Waals surface area contributed by atoms with E-state index in [4.69, 9.17) is 21.3 Å². The second-order valence-electron chi connectivity index (χ2n) is 8.04. The molecule has 0 saturated carbocycles. The van der Waals surface area contributed by atoms with Crippen LogP contribution in [0.15, 0.2) is 0 Å². The molecule has 2 saturated heterocycles. The van der Waals surface area contributed by atoms with Gasteiger partial charge < -0.3 is 24.2 Å². The highest BCUT2D eigenvalue weighted by atomic mass is 35.5. The summed E-state index contributed by atoms with van der Waals surface area (Å²) in [6.07, 6.45) is 0.825. The molecule has 0 amide bonds. The number of halogens is 1. The SMILES string of the molecule is Cn1c(CCN2CC(C(C)(C)O)C2)nc2c(N3CCOCC3)nc(Cl)nc21. The molecule has 8 nitrogen and oxygen atoms in total. The summed E-state index contributed by atoms with van der Waals surface area (Å²) in [5.41, 5.74) is 0.967. The largest absolute Gasteiger partial charge is 0.390 e. The lowest BCUT2D eigenvalue weighted by molar-refractivity contribution is -0.0613. The maximum atomic E-state index is 10.1. The number of hydrogen-bond donors (Lipinski definition) is 1. The number of aryl methyl sites for hydroxylation is 1. The fourth-order valence-corrected chi connectivity index (χ4v) is 3.90. The highest BCUT2D eigenvalue weighted by molar-refractivity contribution is 6.28. The Bertz CT molecular complexity index is 821.